The Kier molecular flexibility index (Phi) is 7.58. The molecule has 0 bridgehead atoms. The summed E-state index contributed by atoms with van der Waals surface area (Å²) < 4.78 is 33.9. The summed E-state index contributed by atoms with van der Waals surface area (Å²) in [6.45, 7) is 4.28. The molecular weight excluding hydrogens is 278 g/mol. The van der Waals surface area contributed by atoms with Gasteiger partial charge in [0.1, 0.15) is 0 Å². The van der Waals surface area contributed by atoms with Gasteiger partial charge in [-0.1, -0.05) is 6.92 Å². The van der Waals surface area contributed by atoms with Crippen LogP contribution in [0.3, 0.4) is 0 Å². The van der Waals surface area contributed by atoms with Gasteiger partial charge in [0, 0.05) is 19.3 Å². The van der Waals surface area contributed by atoms with E-state index in [1.807, 2.05) is 6.92 Å². The van der Waals surface area contributed by atoms with Crippen LogP contribution in [0.2, 0.25) is 0 Å². The van der Waals surface area contributed by atoms with Gasteiger partial charge < -0.3 is 14.8 Å². The van der Waals surface area contributed by atoms with Gasteiger partial charge in [0.05, 0.1) is 30.5 Å². The SMILES string of the molecule is CCCS(=O)(=O)c1ccc(NCCOCCOC)cc1. The van der Waals surface area contributed by atoms with Gasteiger partial charge in [0.25, 0.3) is 0 Å². The molecule has 0 amide bonds. The first-order chi connectivity index (χ1) is 9.60. The molecule has 5 nitrogen and oxygen atoms in total. The fourth-order valence-electron chi connectivity index (χ4n) is 1.68. The first-order valence-corrected chi connectivity index (χ1v) is 8.38. The predicted molar refractivity (Wildman–Crippen MR) is 80.0 cm³/mol. The van der Waals surface area contributed by atoms with Crippen LogP contribution in [0.1, 0.15) is 13.3 Å². The third-order valence-corrected chi connectivity index (χ3v) is 4.63. The van der Waals surface area contributed by atoms with Crippen molar-refractivity contribution in [1.29, 1.82) is 0 Å². The highest BCUT2D eigenvalue weighted by Crippen LogP contribution is 2.15. The van der Waals surface area contributed by atoms with Crippen molar-refractivity contribution >= 4 is 15.5 Å². The van der Waals surface area contributed by atoms with Crippen molar-refractivity contribution in [2.45, 2.75) is 18.2 Å². The van der Waals surface area contributed by atoms with Gasteiger partial charge in [-0.3, -0.25) is 0 Å². The molecule has 0 fully saturated rings. The molecule has 0 saturated carbocycles. The monoisotopic (exact) mass is 301 g/mol. The lowest BCUT2D eigenvalue weighted by Crippen LogP contribution is -2.12. The largest absolute Gasteiger partial charge is 0.383 e. The number of hydrogen-bond donors (Lipinski definition) is 1. The molecular formula is C14H23NO4S. The Balaban J connectivity index is 2.39. The summed E-state index contributed by atoms with van der Waals surface area (Å²) in [5, 5.41) is 3.17. The first kappa shape index (κ1) is 16.9. The Labute approximate surface area is 121 Å². The molecule has 1 aromatic carbocycles. The Morgan fingerprint density at radius 3 is 2.40 bits per heavy atom. The minimum absolute atomic E-state index is 0.188. The summed E-state index contributed by atoms with van der Waals surface area (Å²) in [5.41, 5.74) is 0.885. The second kappa shape index (κ2) is 8.94. The number of ether oxygens (including phenoxy) is 2. The van der Waals surface area contributed by atoms with Crippen molar-refractivity contribution in [2.24, 2.45) is 0 Å². The molecule has 0 radical (unpaired) electrons. The maximum Gasteiger partial charge on any atom is 0.178 e. The zero-order chi connectivity index (χ0) is 14.8. The molecule has 114 valence electrons. The maximum atomic E-state index is 11.9. The van der Waals surface area contributed by atoms with Gasteiger partial charge in [-0.05, 0) is 30.7 Å². The van der Waals surface area contributed by atoms with Gasteiger partial charge in [0.15, 0.2) is 9.84 Å². The van der Waals surface area contributed by atoms with E-state index in [4.69, 9.17) is 9.47 Å². The second-order valence-electron chi connectivity index (χ2n) is 4.38. The summed E-state index contributed by atoms with van der Waals surface area (Å²) in [6, 6.07) is 6.83. The van der Waals surface area contributed by atoms with Crippen molar-refractivity contribution in [2.75, 3.05) is 44.5 Å². The van der Waals surface area contributed by atoms with E-state index in [9.17, 15) is 8.42 Å². The highest BCUT2D eigenvalue weighted by atomic mass is 32.2. The number of sulfone groups is 1. The summed E-state index contributed by atoms with van der Waals surface area (Å²) in [5.74, 6) is 0.188. The second-order valence-corrected chi connectivity index (χ2v) is 6.48. The average molecular weight is 301 g/mol. The van der Waals surface area contributed by atoms with Crippen LogP contribution in [0.4, 0.5) is 5.69 Å². The van der Waals surface area contributed by atoms with Crippen molar-refractivity contribution in [3.8, 4) is 0 Å². The zero-order valence-electron chi connectivity index (χ0n) is 12.1. The molecule has 0 aromatic heterocycles. The molecule has 0 saturated heterocycles. The zero-order valence-corrected chi connectivity index (χ0v) is 12.9. The summed E-state index contributed by atoms with van der Waals surface area (Å²) in [6.07, 6.45) is 0.626. The fraction of sp³-hybridized carbons (Fsp3) is 0.571. The predicted octanol–water partition coefficient (Wildman–Crippen LogP) is 1.95. The van der Waals surface area contributed by atoms with Gasteiger partial charge >= 0.3 is 0 Å². The molecule has 0 spiro atoms. The van der Waals surface area contributed by atoms with Crippen LogP contribution in [0.25, 0.3) is 0 Å². The Morgan fingerprint density at radius 2 is 1.80 bits per heavy atom. The average Bonchev–Trinajstić information content (AvgIpc) is 2.43. The number of hydrogen-bond acceptors (Lipinski definition) is 5. The van der Waals surface area contributed by atoms with Crippen LogP contribution in [0, 0.1) is 0 Å². The molecule has 0 aliphatic rings. The summed E-state index contributed by atoms with van der Waals surface area (Å²) in [4.78, 5) is 0.376. The first-order valence-electron chi connectivity index (χ1n) is 6.73. The van der Waals surface area contributed by atoms with Gasteiger partial charge in [-0.25, -0.2) is 8.42 Å². The van der Waals surface area contributed by atoms with E-state index >= 15 is 0 Å². The van der Waals surface area contributed by atoms with Crippen molar-refractivity contribution in [3.63, 3.8) is 0 Å². The third-order valence-electron chi connectivity index (χ3n) is 2.69. The highest BCUT2D eigenvalue weighted by molar-refractivity contribution is 7.91. The Morgan fingerprint density at radius 1 is 1.10 bits per heavy atom. The smallest absolute Gasteiger partial charge is 0.178 e. The van der Waals surface area contributed by atoms with Gasteiger partial charge in [-0.15, -0.1) is 0 Å². The Bertz CT molecular complexity index is 470. The van der Waals surface area contributed by atoms with Crippen LogP contribution in [-0.2, 0) is 19.3 Å². The van der Waals surface area contributed by atoms with Crippen LogP contribution < -0.4 is 5.32 Å². The number of benzene rings is 1. The van der Waals surface area contributed by atoms with Crippen molar-refractivity contribution < 1.29 is 17.9 Å². The van der Waals surface area contributed by atoms with Crippen molar-refractivity contribution in [1.82, 2.24) is 0 Å². The molecule has 1 aromatic rings. The molecule has 0 aliphatic heterocycles. The number of anilines is 1. The molecule has 20 heavy (non-hydrogen) atoms. The third kappa shape index (κ3) is 5.90. The number of methoxy groups -OCH3 is 1. The number of nitrogens with one attached hydrogen (secondary N) is 1. The molecule has 1 rings (SSSR count). The standard InChI is InChI=1S/C14H23NO4S/c1-3-12-20(16,17)14-6-4-13(5-7-14)15-8-9-19-11-10-18-2/h4-7,15H,3,8-12H2,1-2H3. The van der Waals surface area contributed by atoms with E-state index < -0.39 is 9.84 Å². The van der Waals surface area contributed by atoms with Crippen LogP contribution >= 0.6 is 0 Å². The van der Waals surface area contributed by atoms with E-state index in [0.29, 0.717) is 37.7 Å². The van der Waals surface area contributed by atoms with Crippen LogP contribution in [0.5, 0.6) is 0 Å². The lowest BCUT2D eigenvalue weighted by Gasteiger charge is -2.08. The molecule has 0 aliphatic carbocycles. The van der Waals surface area contributed by atoms with Crippen molar-refractivity contribution in [3.05, 3.63) is 24.3 Å². The van der Waals surface area contributed by atoms with E-state index in [0.717, 1.165) is 5.69 Å². The normalized spacial score (nSPS) is 11.5. The quantitative estimate of drug-likeness (QED) is 0.669. The minimum Gasteiger partial charge on any atom is -0.383 e. The van der Waals surface area contributed by atoms with Crippen LogP contribution in [0.15, 0.2) is 29.2 Å². The Hall–Kier alpha value is -1.11. The van der Waals surface area contributed by atoms with E-state index in [2.05, 4.69) is 5.32 Å². The van der Waals surface area contributed by atoms with Gasteiger partial charge in [-0.2, -0.15) is 0 Å². The lowest BCUT2D eigenvalue weighted by molar-refractivity contribution is 0.0759. The topological polar surface area (TPSA) is 64.6 Å². The van der Waals surface area contributed by atoms with E-state index in [1.54, 1.807) is 31.4 Å². The molecule has 0 heterocycles. The molecule has 6 heteroatoms. The number of rotatable bonds is 10. The summed E-state index contributed by atoms with van der Waals surface area (Å²) >= 11 is 0. The molecule has 1 N–H and O–H groups in total. The molecule has 0 atom stereocenters. The molecule has 0 unspecified atom stereocenters. The summed E-state index contributed by atoms with van der Waals surface area (Å²) in [7, 11) is -1.49. The maximum absolute atomic E-state index is 11.9. The van der Waals surface area contributed by atoms with Crippen LogP contribution in [-0.4, -0.2) is 47.6 Å². The minimum atomic E-state index is -3.13. The fourth-order valence-corrected chi connectivity index (χ4v) is 3.00. The van der Waals surface area contributed by atoms with Gasteiger partial charge in [0.2, 0.25) is 0 Å². The van der Waals surface area contributed by atoms with E-state index in [1.165, 1.54) is 0 Å². The van der Waals surface area contributed by atoms with E-state index in [-0.39, 0.29) is 5.75 Å². The highest BCUT2D eigenvalue weighted by Gasteiger charge is 2.12. The lowest BCUT2D eigenvalue weighted by atomic mass is 10.3.